The van der Waals surface area contributed by atoms with Gasteiger partial charge in [-0.1, -0.05) is 11.6 Å². The molecular formula is C14H12BrClN2S3. The number of hydrogen-bond acceptors (Lipinski definition) is 3. The van der Waals surface area contributed by atoms with Crippen molar-refractivity contribution in [1.82, 2.24) is 4.90 Å². The molecule has 2 heterocycles. The minimum atomic E-state index is 0.300. The van der Waals surface area contributed by atoms with Crippen LogP contribution in [0.1, 0.15) is 10.3 Å². The number of nitrogens with one attached hydrogen (secondary N) is 1. The first kappa shape index (κ1) is 15.6. The van der Waals surface area contributed by atoms with Crippen LogP contribution in [0.4, 0.5) is 5.69 Å². The highest BCUT2D eigenvalue weighted by atomic mass is 79.9. The number of thiophene rings is 1. The molecule has 3 rings (SSSR count). The first-order valence-corrected chi connectivity index (χ1v) is 9.78. The van der Waals surface area contributed by atoms with Crippen LogP contribution in [-0.4, -0.2) is 22.3 Å². The minimum absolute atomic E-state index is 0.300. The Morgan fingerprint density at radius 1 is 1.29 bits per heavy atom. The van der Waals surface area contributed by atoms with Crippen molar-refractivity contribution < 1.29 is 0 Å². The molecule has 21 heavy (non-hydrogen) atoms. The molecule has 1 fully saturated rings. The predicted octanol–water partition coefficient (Wildman–Crippen LogP) is 5.61. The van der Waals surface area contributed by atoms with Crippen molar-refractivity contribution in [1.29, 1.82) is 0 Å². The van der Waals surface area contributed by atoms with E-state index in [1.165, 1.54) is 4.88 Å². The summed E-state index contributed by atoms with van der Waals surface area (Å²) in [5.41, 5.74) is 0.965. The normalized spacial score (nSPS) is 18.0. The number of halogens is 2. The molecular weight excluding hydrogens is 408 g/mol. The Labute approximate surface area is 151 Å². The summed E-state index contributed by atoms with van der Waals surface area (Å²) >= 11 is 18.7. The van der Waals surface area contributed by atoms with Crippen molar-refractivity contribution in [3.05, 3.63) is 50.1 Å². The molecule has 0 spiro atoms. The van der Waals surface area contributed by atoms with E-state index >= 15 is 0 Å². The summed E-state index contributed by atoms with van der Waals surface area (Å²) in [6.45, 7) is 0.963. The first-order valence-electron chi connectivity index (χ1n) is 6.33. The smallest absolute Gasteiger partial charge is 0.174 e. The zero-order chi connectivity index (χ0) is 14.8. The molecule has 0 unspecified atom stereocenters. The van der Waals surface area contributed by atoms with Gasteiger partial charge in [0.25, 0.3) is 0 Å². The molecule has 0 saturated carbocycles. The molecule has 1 aromatic carbocycles. The van der Waals surface area contributed by atoms with Gasteiger partial charge in [-0.05, 0) is 64.5 Å². The van der Waals surface area contributed by atoms with Gasteiger partial charge in [-0.25, -0.2) is 0 Å². The molecule has 1 saturated heterocycles. The van der Waals surface area contributed by atoms with Crippen LogP contribution in [0.3, 0.4) is 0 Å². The van der Waals surface area contributed by atoms with E-state index in [9.17, 15) is 0 Å². The highest BCUT2D eigenvalue weighted by molar-refractivity contribution is 9.11. The van der Waals surface area contributed by atoms with E-state index < -0.39 is 0 Å². The van der Waals surface area contributed by atoms with E-state index in [0.29, 0.717) is 5.37 Å². The van der Waals surface area contributed by atoms with Gasteiger partial charge in [-0.3, -0.25) is 0 Å². The number of thioether (sulfide) groups is 1. The van der Waals surface area contributed by atoms with Crippen LogP contribution in [0.2, 0.25) is 5.02 Å². The molecule has 7 heteroatoms. The van der Waals surface area contributed by atoms with Gasteiger partial charge in [0.1, 0.15) is 5.37 Å². The highest BCUT2D eigenvalue weighted by Gasteiger charge is 2.29. The molecule has 1 N–H and O–H groups in total. The molecule has 0 radical (unpaired) electrons. The molecule has 0 amide bonds. The van der Waals surface area contributed by atoms with Crippen LogP contribution in [0, 0.1) is 0 Å². The summed E-state index contributed by atoms with van der Waals surface area (Å²) < 4.78 is 1.15. The maximum Gasteiger partial charge on any atom is 0.174 e. The lowest BCUT2D eigenvalue weighted by molar-refractivity contribution is 0.462. The SMILES string of the molecule is S=C(Nc1ccc(Cl)cc1)N1CCS[C@H]1c1ccc(Br)s1. The topological polar surface area (TPSA) is 15.3 Å². The van der Waals surface area contributed by atoms with Crippen LogP contribution in [0.15, 0.2) is 40.2 Å². The number of nitrogens with zero attached hydrogens (tertiary/aromatic N) is 1. The summed E-state index contributed by atoms with van der Waals surface area (Å²) in [6, 6.07) is 11.9. The van der Waals surface area contributed by atoms with Gasteiger partial charge in [0, 0.05) is 27.9 Å². The van der Waals surface area contributed by atoms with Gasteiger partial charge in [0.05, 0.1) is 3.79 Å². The predicted molar refractivity (Wildman–Crippen MR) is 102 cm³/mol. The molecule has 2 nitrogen and oxygen atoms in total. The van der Waals surface area contributed by atoms with Crippen LogP contribution in [0.5, 0.6) is 0 Å². The van der Waals surface area contributed by atoms with Gasteiger partial charge in [-0.2, -0.15) is 0 Å². The summed E-state index contributed by atoms with van der Waals surface area (Å²) in [5, 5.41) is 5.08. The number of anilines is 1. The summed E-state index contributed by atoms with van der Waals surface area (Å²) in [5.74, 6) is 1.09. The van der Waals surface area contributed by atoms with Gasteiger partial charge in [0.15, 0.2) is 5.11 Å². The number of thiocarbonyl (C=S) groups is 1. The third-order valence-corrected chi connectivity index (χ3v) is 6.74. The fourth-order valence-electron chi connectivity index (χ4n) is 2.10. The maximum atomic E-state index is 5.90. The van der Waals surface area contributed by atoms with E-state index in [-0.39, 0.29) is 0 Å². The number of benzene rings is 1. The van der Waals surface area contributed by atoms with Crippen LogP contribution < -0.4 is 5.32 Å². The van der Waals surface area contributed by atoms with Gasteiger partial charge < -0.3 is 10.2 Å². The molecule has 1 aromatic heterocycles. The molecule has 0 bridgehead atoms. The Kier molecular flexibility index (Phi) is 5.11. The van der Waals surface area contributed by atoms with Crippen molar-refractivity contribution in [3.8, 4) is 0 Å². The minimum Gasteiger partial charge on any atom is -0.333 e. The van der Waals surface area contributed by atoms with E-state index in [0.717, 1.165) is 31.9 Å². The quantitative estimate of drug-likeness (QED) is 0.636. The maximum absolute atomic E-state index is 5.90. The Morgan fingerprint density at radius 3 is 2.71 bits per heavy atom. The lowest BCUT2D eigenvalue weighted by atomic mass is 10.3. The largest absolute Gasteiger partial charge is 0.333 e. The molecule has 1 aliphatic heterocycles. The lowest BCUT2D eigenvalue weighted by Gasteiger charge is -2.26. The molecule has 110 valence electrons. The second kappa shape index (κ2) is 6.87. The van der Waals surface area contributed by atoms with E-state index in [1.54, 1.807) is 11.3 Å². The van der Waals surface area contributed by atoms with E-state index in [4.69, 9.17) is 23.8 Å². The van der Waals surface area contributed by atoms with Gasteiger partial charge >= 0.3 is 0 Å². The summed E-state index contributed by atoms with van der Waals surface area (Å²) in [6.07, 6.45) is 0. The fourth-order valence-corrected chi connectivity index (χ4v) is 5.54. The number of hydrogen-bond donors (Lipinski definition) is 1. The fraction of sp³-hybridized carbons (Fsp3) is 0.214. The molecule has 0 aliphatic carbocycles. The third-order valence-electron chi connectivity index (χ3n) is 3.08. The van der Waals surface area contributed by atoms with Crippen molar-refractivity contribution in [2.75, 3.05) is 17.6 Å². The van der Waals surface area contributed by atoms with Crippen LogP contribution in [0.25, 0.3) is 0 Å². The zero-order valence-electron chi connectivity index (χ0n) is 10.9. The standard InChI is InChI=1S/C14H12BrClN2S3/c15-12-6-5-11(21-12)13-18(7-8-20-13)14(19)17-10-3-1-9(16)2-4-10/h1-6,13H,7-8H2,(H,17,19)/t13-/m0/s1. The van der Waals surface area contributed by atoms with E-state index in [1.807, 2.05) is 36.0 Å². The van der Waals surface area contributed by atoms with E-state index in [2.05, 4.69) is 38.3 Å². The average Bonchev–Trinajstić information content (AvgIpc) is 3.09. The van der Waals surface area contributed by atoms with Crippen molar-refractivity contribution >= 4 is 73.6 Å². The lowest BCUT2D eigenvalue weighted by Crippen LogP contribution is -2.33. The average molecular weight is 420 g/mol. The van der Waals surface area contributed by atoms with Gasteiger partial charge in [-0.15, -0.1) is 23.1 Å². The molecule has 1 atom stereocenters. The highest BCUT2D eigenvalue weighted by Crippen LogP contribution is 2.42. The van der Waals surface area contributed by atoms with Gasteiger partial charge in [0.2, 0.25) is 0 Å². The van der Waals surface area contributed by atoms with Crippen molar-refractivity contribution in [2.45, 2.75) is 5.37 Å². The Morgan fingerprint density at radius 2 is 2.05 bits per heavy atom. The van der Waals surface area contributed by atoms with Crippen LogP contribution >= 0.6 is 62.8 Å². The second-order valence-corrected chi connectivity index (χ2v) is 9.00. The van der Waals surface area contributed by atoms with Crippen molar-refractivity contribution in [3.63, 3.8) is 0 Å². The Balaban J connectivity index is 1.72. The monoisotopic (exact) mass is 418 g/mol. The molecule has 2 aromatic rings. The van der Waals surface area contributed by atoms with Crippen LogP contribution in [-0.2, 0) is 0 Å². The Bertz CT molecular complexity index is 644. The second-order valence-electron chi connectivity index (χ2n) is 4.50. The molecule has 1 aliphatic rings. The Hall–Kier alpha value is -0.270. The number of rotatable bonds is 2. The van der Waals surface area contributed by atoms with Crippen molar-refractivity contribution in [2.24, 2.45) is 0 Å². The zero-order valence-corrected chi connectivity index (χ0v) is 15.7. The first-order chi connectivity index (χ1) is 10.1. The summed E-state index contributed by atoms with van der Waals surface area (Å²) in [4.78, 5) is 3.57. The summed E-state index contributed by atoms with van der Waals surface area (Å²) in [7, 11) is 0. The third kappa shape index (κ3) is 3.74.